The van der Waals surface area contributed by atoms with Crippen LogP contribution < -0.4 is 5.32 Å². The van der Waals surface area contributed by atoms with E-state index in [0.29, 0.717) is 19.5 Å². The summed E-state index contributed by atoms with van der Waals surface area (Å²) in [6.45, 7) is 3.22. The van der Waals surface area contributed by atoms with E-state index >= 15 is 0 Å². The van der Waals surface area contributed by atoms with Crippen LogP contribution in [-0.4, -0.2) is 48.9 Å². The summed E-state index contributed by atoms with van der Waals surface area (Å²) in [7, 11) is 1.32. The SMILES string of the molecule is COC(=O)CCC(=O)N1CCC(NC(=O)Cc2cccc(C)c2)CC1. The Morgan fingerprint density at radius 2 is 1.92 bits per heavy atom. The predicted molar refractivity (Wildman–Crippen MR) is 93.9 cm³/mol. The van der Waals surface area contributed by atoms with Gasteiger partial charge in [-0.25, -0.2) is 0 Å². The number of benzene rings is 1. The highest BCUT2D eigenvalue weighted by molar-refractivity contribution is 5.81. The van der Waals surface area contributed by atoms with Crippen molar-refractivity contribution in [1.29, 1.82) is 0 Å². The van der Waals surface area contributed by atoms with Gasteiger partial charge in [0.2, 0.25) is 11.8 Å². The van der Waals surface area contributed by atoms with Crippen molar-refractivity contribution in [2.75, 3.05) is 20.2 Å². The molecule has 0 atom stereocenters. The van der Waals surface area contributed by atoms with E-state index in [1.165, 1.54) is 7.11 Å². The number of piperidine rings is 1. The molecule has 1 saturated heterocycles. The Labute approximate surface area is 148 Å². The van der Waals surface area contributed by atoms with E-state index in [2.05, 4.69) is 10.1 Å². The minimum atomic E-state index is -0.369. The number of rotatable bonds is 6. The number of ether oxygens (including phenoxy) is 1. The molecule has 2 rings (SSSR count). The van der Waals surface area contributed by atoms with Crippen LogP contribution in [0.1, 0.15) is 36.8 Å². The summed E-state index contributed by atoms with van der Waals surface area (Å²) in [5.74, 6) is -0.386. The Morgan fingerprint density at radius 1 is 1.20 bits per heavy atom. The first-order valence-corrected chi connectivity index (χ1v) is 8.67. The van der Waals surface area contributed by atoms with E-state index in [1.807, 2.05) is 31.2 Å². The Morgan fingerprint density at radius 3 is 2.56 bits per heavy atom. The molecule has 0 unspecified atom stereocenters. The lowest BCUT2D eigenvalue weighted by atomic mass is 10.0. The highest BCUT2D eigenvalue weighted by atomic mass is 16.5. The van der Waals surface area contributed by atoms with Crippen LogP contribution in [0.5, 0.6) is 0 Å². The van der Waals surface area contributed by atoms with Crippen molar-refractivity contribution < 1.29 is 19.1 Å². The Bertz CT molecular complexity index is 622. The smallest absolute Gasteiger partial charge is 0.306 e. The van der Waals surface area contributed by atoms with E-state index in [0.717, 1.165) is 24.0 Å². The van der Waals surface area contributed by atoms with Crippen molar-refractivity contribution in [1.82, 2.24) is 10.2 Å². The number of nitrogens with one attached hydrogen (secondary N) is 1. The summed E-state index contributed by atoms with van der Waals surface area (Å²) in [5, 5.41) is 3.05. The molecule has 0 aromatic heterocycles. The first-order valence-electron chi connectivity index (χ1n) is 8.67. The van der Waals surface area contributed by atoms with E-state index in [1.54, 1.807) is 4.90 Å². The van der Waals surface area contributed by atoms with Gasteiger partial charge in [-0.15, -0.1) is 0 Å². The molecule has 1 N–H and O–H groups in total. The third-order valence-electron chi connectivity index (χ3n) is 4.43. The van der Waals surface area contributed by atoms with Gasteiger partial charge in [0.15, 0.2) is 0 Å². The number of hydrogen-bond acceptors (Lipinski definition) is 4. The average Bonchev–Trinajstić information content (AvgIpc) is 2.59. The zero-order valence-corrected chi connectivity index (χ0v) is 14.9. The van der Waals surface area contributed by atoms with Gasteiger partial charge >= 0.3 is 5.97 Å². The van der Waals surface area contributed by atoms with Gasteiger partial charge < -0.3 is 15.0 Å². The number of aryl methyl sites for hydroxylation is 1. The summed E-state index contributed by atoms with van der Waals surface area (Å²) in [4.78, 5) is 37.1. The van der Waals surface area contributed by atoms with Crippen LogP contribution in [0.15, 0.2) is 24.3 Å². The summed E-state index contributed by atoms with van der Waals surface area (Å²) in [6.07, 6.45) is 2.15. The summed E-state index contributed by atoms with van der Waals surface area (Å²) >= 11 is 0. The largest absolute Gasteiger partial charge is 0.469 e. The quantitative estimate of drug-likeness (QED) is 0.794. The third-order valence-corrected chi connectivity index (χ3v) is 4.43. The normalized spacial score (nSPS) is 14.9. The molecule has 1 aromatic rings. The monoisotopic (exact) mass is 346 g/mol. The molecule has 2 amide bonds. The molecule has 1 aliphatic rings. The number of carbonyl (C=O) groups is 3. The minimum Gasteiger partial charge on any atom is -0.469 e. The van der Waals surface area contributed by atoms with E-state index in [4.69, 9.17) is 0 Å². The number of carbonyl (C=O) groups excluding carboxylic acids is 3. The fraction of sp³-hybridized carbons (Fsp3) is 0.526. The fourth-order valence-corrected chi connectivity index (χ4v) is 3.03. The van der Waals surface area contributed by atoms with E-state index in [9.17, 15) is 14.4 Å². The number of likely N-dealkylation sites (tertiary alicyclic amines) is 1. The second-order valence-corrected chi connectivity index (χ2v) is 6.46. The van der Waals surface area contributed by atoms with Gasteiger partial charge in [0.05, 0.1) is 20.0 Å². The van der Waals surface area contributed by atoms with Crippen LogP contribution in [0.3, 0.4) is 0 Å². The van der Waals surface area contributed by atoms with Gasteiger partial charge in [0, 0.05) is 25.6 Å². The van der Waals surface area contributed by atoms with Crippen molar-refractivity contribution in [3.63, 3.8) is 0 Å². The zero-order chi connectivity index (χ0) is 18.2. The summed E-state index contributed by atoms with van der Waals surface area (Å²) < 4.78 is 4.55. The lowest BCUT2D eigenvalue weighted by Gasteiger charge is -2.32. The topological polar surface area (TPSA) is 75.7 Å². The maximum atomic E-state index is 12.2. The standard InChI is InChI=1S/C19H26N2O4/c1-14-4-3-5-15(12-14)13-17(22)20-16-8-10-21(11-9-16)18(23)6-7-19(24)25-2/h3-5,12,16H,6-11,13H2,1-2H3,(H,20,22). The van der Waals surface area contributed by atoms with E-state index in [-0.39, 0.29) is 36.7 Å². The van der Waals surface area contributed by atoms with E-state index < -0.39 is 0 Å². The number of methoxy groups -OCH3 is 1. The van der Waals surface area contributed by atoms with Crippen LogP contribution in [0.4, 0.5) is 0 Å². The molecule has 25 heavy (non-hydrogen) atoms. The van der Waals surface area contributed by atoms with Crippen LogP contribution in [0, 0.1) is 6.92 Å². The maximum absolute atomic E-state index is 12.2. The predicted octanol–water partition coefficient (Wildman–Crippen LogP) is 1.60. The molecule has 0 radical (unpaired) electrons. The molecular formula is C19H26N2O4. The molecule has 1 aromatic carbocycles. The van der Waals surface area contributed by atoms with Gasteiger partial charge in [-0.1, -0.05) is 29.8 Å². The minimum absolute atomic E-state index is 0.0149. The molecule has 6 heteroatoms. The molecule has 1 fully saturated rings. The maximum Gasteiger partial charge on any atom is 0.306 e. The lowest BCUT2D eigenvalue weighted by Crippen LogP contribution is -2.46. The van der Waals surface area contributed by atoms with Gasteiger partial charge in [-0.05, 0) is 25.3 Å². The second-order valence-electron chi connectivity index (χ2n) is 6.46. The Balaban J connectivity index is 1.72. The van der Waals surface area contributed by atoms with Crippen LogP contribution in [0.25, 0.3) is 0 Å². The Kier molecular flexibility index (Phi) is 6.98. The third kappa shape index (κ3) is 6.21. The second kappa shape index (κ2) is 9.20. The fourth-order valence-electron chi connectivity index (χ4n) is 3.03. The van der Waals surface area contributed by atoms with Crippen molar-refractivity contribution in [3.8, 4) is 0 Å². The van der Waals surface area contributed by atoms with Gasteiger partial charge in [0.1, 0.15) is 0 Å². The molecule has 136 valence electrons. The van der Waals surface area contributed by atoms with Crippen LogP contribution >= 0.6 is 0 Å². The van der Waals surface area contributed by atoms with Gasteiger partial charge in [-0.3, -0.25) is 14.4 Å². The van der Waals surface area contributed by atoms with Crippen LogP contribution in [-0.2, 0) is 25.5 Å². The first kappa shape index (κ1) is 19.0. The van der Waals surface area contributed by atoms with Crippen molar-refractivity contribution in [2.24, 2.45) is 0 Å². The molecule has 1 heterocycles. The van der Waals surface area contributed by atoms with Crippen molar-refractivity contribution in [3.05, 3.63) is 35.4 Å². The highest BCUT2D eigenvalue weighted by Crippen LogP contribution is 2.13. The molecule has 6 nitrogen and oxygen atoms in total. The molecule has 0 saturated carbocycles. The zero-order valence-electron chi connectivity index (χ0n) is 14.9. The van der Waals surface area contributed by atoms with Gasteiger partial charge in [-0.2, -0.15) is 0 Å². The molecule has 0 aliphatic carbocycles. The summed E-state index contributed by atoms with van der Waals surface area (Å²) in [5.41, 5.74) is 2.15. The number of hydrogen-bond donors (Lipinski definition) is 1. The molecule has 1 aliphatic heterocycles. The van der Waals surface area contributed by atoms with Crippen molar-refractivity contribution >= 4 is 17.8 Å². The van der Waals surface area contributed by atoms with Crippen molar-refractivity contribution in [2.45, 2.75) is 45.1 Å². The number of amides is 2. The van der Waals surface area contributed by atoms with Crippen LogP contribution in [0.2, 0.25) is 0 Å². The molecule has 0 bridgehead atoms. The first-order chi connectivity index (χ1) is 12.0. The molecular weight excluding hydrogens is 320 g/mol. The summed E-state index contributed by atoms with van der Waals surface area (Å²) in [6, 6.07) is 8.03. The number of esters is 1. The molecule has 0 spiro atoms. The van der Waals surface area contributed by atoms with Gasteiger partial charge in [0.25, 0.3) is 0 Å². The Hall–Kier alpha value is -2.37. The lowest BCUT2D eigenvalue weighted by molar-refractivity contribution is -0.144. The average molecular weight is 346 g/mol. The highest BCUT2D eigenvalue weighted by Gasteiger charge is 2.24. The number of nitrogens with zero attached hydrogens (tertiary/aromatic N) is 1.